The summed E-state index contributed by atoms with van der Waals surface area (Å²) >= 11 is 3.18. The fourth-order valence-corrected chi connectivity index (χ4v) is 2.40. The van der Waals surface area contributed by atoms with Crippen molar-refractivity contribution in [2.45, 2.75) is 6.54 Å². The van der Waals surface area contributed by atoms with Crippen LogP contribution in [-0.4, -0.2) is 38.9 Å². The number of hydrogen-bond acceptors (Lipinski definition) is 3. The Morgan fingerprint density at radius 2 is 2.06 bits per heavy atom. The molecule has 0 bridgehead atoms. The summed E-state index contributed by atoms with van der Waals surface area (Å²) in [6.07, 6.45) is 1.21. The highest BCUT2D eigenvalue weighted by Crippen LogP contribution is 2.21. The predicted octanol–water partition coefficient (Wildman–Crippen LogP) is 2.06. The van der Waals surface area contributed by atoms with Crippen molar-refractivity contribution in [1.82, 2.24) is 4.90 Å². The number of nitrogens with zero attached hydrogens (tertiary/aromatic N) is 1. The first-order valence-corrected chi connectivity index (χ1v) is 7.94. The van der Waals surface area contributed by atoms with Crippen LogP contribution in [0.25, 0.3) is 0 Å². The van der Waals surface area contributed by atoms with E-state index >= 15 is 0 Å². The van der Waals surface area contributed by atoms with Gasteiger partial charge in [0.1, 0.15) is 15.7 Å². The third kappa shape index (κ3) is 5.14. The average molecular weight is 324 g/mol. The Morgan fingerprint density at radius 3 is 2.65 bits per heavy atom. The second-order valence-corrected chi connectivity index (χ2v) is 7.13. The maximum atomic E-state index is 13.2. The molecule has 0 saturated heterocycles. The molecule has 17 heavy (non-hydrogen) atoms. The molecule has 0 spiro atoms. The zero-order valence-electron chi connectivity index (χ0n) is 9.78. The van der Waals surface area contributed by atoms with Crippen LogP contribution in [0.15, 0.2) is 22.7 Å². The van der Waals surface area contributed by atoms with Crippen LogP contribution in [0.2, 0.25) is 0 Å². The maximum absolute atomic E-state index is 13.2. The lowest BCUT2D eigenvalue weighted by molar-refractivity contribution is 0.345. The molecule has 0 atom stereocenters. The second-order valence-electron chi connectivity index (χ2n) is 4.08. The van der Waals surface area contributed by atoms with Crippen LogP contribution in [-0.2, 0) is 16.4 Å². The summed E-state index contributed by atoms with van der Waals surface area (Å²) in [7, 11) is -1.15. The molecule has 1 rings (SSSR count). The van der Waals surface area contributed by atoms with E-state index in [4.69, 9.17) is 0 Å². The number of benzene rings is 1. The van der Waals surface area contributed by atoms with Gasteiger partial charge in [0.25, 0.3) is 0 Å². The largest absolute Gasteiger partial charge is 0.301 e. The van der Waals surface area contributed by atoms with Gasteiger partial charge in [-0.3, -0.25) is 0 Å². The quantitative estimate of drug-likeness (QED) is 0.832. The van der Waals surface area contributed by atoms with Crippen molar-refractivity contribution in [1.29, 1.82) is 0 Å². The molecule has 0 aliphatic carbocycles. The van der Waals surface area contributed by atoms with Crippen LogP contribution in [0, 0.1) is 5.82 Å². The smallest absolute Gasteiger partial charge is 0.148 e. The molecule has 0 amide bonds. The molecule has 0 fully saturated rings. The molecule has 0 heterocycles. The summed E-state index contributed by atoms with van der Waals surface area (Å²) in [5.74, 6) is -0.199. The first-order chi connectivity index (χ1) is 7.79. The van der Waals surface area contributed by atoms with Crippen LogP contribution in [0.5, 0.6) is 0 Å². The van der Waals surface area contributed by atoms with Crippen molar-refractivity contribution < 1.29 is 12.8 Å². The lowest BCUT2D eigenvalue weighted by atomic mass is 10.2. The van der Waals surface area contributed by atoms with Gasteiger partial charge in [-0.1, -0.05) is 12.1 Å². The number of halogens is 2. The van der Waals surface area contributed by atoms with E-state index in [-0.39, 0.29) is 11.6 Å². The molecule has 3 nitrogen and oxygen atoms in total. The Labute approximate surface area is 110 Å². The topological polar surface area (TPSA) is 37.4 Å². The monoisotopic (exact) mass is 323 g/mol. The van der Waals surface area contributed by atoms with Crippen molar-refractivity contribution in [2.24, 2.45) is 0 Å². The van der Waals surface area contributed by atoms with Crippen LogP contribution in [0.1, 0.15) is 5.56 Å². The summed E-state index contributed by atoms with van der Waals surface area (Å²) in [5.41, 5.74) is 0.806. The van der Waals surface area contributed by atoms with Gasteiger partial charge in [-0.05, 0) is 34.6 Å². The first-order valence-electron chi connectivity index (χ1n) is 5.09. The highest BCUT2D eigenvalue weighted by atomic mass is 79.9. The van der Waals surface area contributed by atoms with Gasteiger partial charge in [-0.15, -0.1) is 0 Å². The number of hydrogen-bond donors (Lipinski definition) is 0. The van der Waals surface area contributed by atoms with Crippen molar-refractivity contribution in [3.63, 3.8) is 0 Å². The third-order valence-electron chi connectivity index (χ3n) is 2.32. The zero-order valence-corrected chi connectivity index (χ0v) is 12.2. The summed E-state index contributed by atoms with van der Waals surface area (Å²) in [5, 5.41) is 0. The standard InChI is InChI=1S/C11H15BrFNO2S/c1-14(6-7-17(2,15)16)8-9-4-3-5-10(13)11(9)12/h3-5H,6-8H2,1-2H3. The highest BCUT2D eigenvalue weighted by molar-refractivity contribution is 9.10. The van der Waals surface area contributed by atoms with Crippen molar-refractivity contribution in [3.05, 3.63) is 34.1 Å². The number of rotatable bonds is 5. The molecule has 0 unspecified atom stereocenters. The van der Waals surface area contributed by atoms with Gasteiger partial charge in [0.05, 0.1) is 10.2 Å². The molecular weight excluding hydrogens is 309 g/mol. The van der Waals surface area contributed by atoms with E-state index in [0.717, 1.165) is 5.56 Å². The normalized spacial score (nSPS) is 12.1. The molecule has 0 aliphatic rings. The molecule has 1 aromatic rings. The molecular formula is C11H15BrFNO2S. The molecule has 0 radical (unpaired) electrons. The molecule has 0 aromatic heterocycles. The maximum Gasteiger partial charge on any atom is 0.148 e. The van der Waals surface area contributed by atoms with Gasteiger partial charge in [-0.25, -0.2) is 12.8 Å². The van der Waals surface area contributed by atoms with Crippen molar-refractivity contribution in [2.75, 3.05) is 25.6 Å². The summed E-state index contributed by atoms with van der Waals surface area (Å²) in [6.45, 7) is 0.940. The highest BCUT2D eigenvalue weighted by Gasteiger charge is 2.09. The molecule has 0 N–H and O–H groups in total. The molecule has 6 heteroatoms. The van der Waals surface area contributed by atoms with E-state index in [9.17, 15) is 12.8 Å². The van der Waals surface area contributed by atoms with E-state index in [1.54, 1.807) is 6.07 Å². The van der Waals surface area contributed by atoms with Gasteiger partial charge in [0.2, 0.25) is 0 Å². The second kappa shape index (κ2) is 5.93. The Bertz CT molecular complexity index is 490. The first kappa shape index (κ1) is 14.6. The fraction of sp³-hybridized carbons (Fsp3) is 0.455. The van der Waals surface area contributed by atoms with E-state index in [0.29, 0.717) is 17.6 Å². The molecule has 0 aliphatic heterocycles. The average Bonchev–Trinajstić information content (AvgIpc) is 2.21. The fourth-order valence-electron chi connectivity index (χ4n) is 1.36. The van der Waals surface area contributed by atoms with Crippen molar-refractivity contribution in [3.8, 4) is 0 Å². The van der Waals surface area contributed by atoms with Crippen LogP contribution in [0.4, 0.5) is 4.39 Å². The van der Waals surface area contributed by atoms with Crippen LogP contribution in [0.3, 0.4) is 0 Å². The summed E-state index contributed by atoms with van der Waals surface area (Å²) in [4.78, 5) is 1.85. The molecule has 96 valence electrons. The van der Waals surface area contributed by atoms with Crippen LogP contribution < -0.4 is 0 Å². The Kier molecular flexibility index (Phi) is 5.09. The Hall–Kier alpha value is -0.460. The number of sulfone groups is 1. The zero-order chi connectivity index (χ0) is 13.1. The van der Waals surface area contributed by atoms with Crippen LogP contribution >= 0.6 is 15.9 Å². The Balaban J connectivity index is 2.62. The lowest BCUT2D eigenvalue weighted by Crippen LogP contribution is -2.25. The minimum Gasteiger partial charge on any atom is -0.301 e. The van der Waals surface area contributed by atoms with E-state index < -0.39 is 9.84 Å². The van der Waals surface area contributed by atoms with Gasteiger partial charge in [-0.2, -0.15) is 0 Å². The third-order valence-corrected chi connectivity index (χ3v) is 4.13. The van der Waals surface area contributed by atoms with E-state index in [1.165, 1.54) is 12.3 Å². The lowest BCUT2D eigenvalue weighted by Gasteiger charge is -2.17. The predicted molar refractivity (Wildman–Crippen MR) is 70.1 cm³/mol. The van der Waals surface area contributed by atoms with Crippen molar-refractivity contribution >= 4 is 25.8 Å². The SMILES string of the molecule is CN(CCS(C)(=O)=O)Cc1cccc(F)c1Br. The minimum atomic E-state index is -2.96. The Morgan fingerprint density at radius 1 is 1.41 bits per heavy atom. The van der Waals surface area contributed by atoms with E-state index in [1.807, 2.05) is 18.0 Å². The molecule has 1 aromatic carbocycles. The van der Waals surface area contributed by atoms with Gasteiger partial charge in [0.15, 0.2) is 0 Å². The minimum absolute atomic E-state index is 0.108. The molecule has 0 saturated carbocycles. The summed E-state index contributed by atoms with van der Waals surface area (Å²) < 4.78 is 35.7. The van der Waals surface area contributed by atoms with Gasteiger partial charge >= 0.3 is 0 Å². The van der Waals surface area contributed by atoms with Gasteiger partial charge in [0, 0.05) is 19.3 Å². The summed E-state index contributed by atoms with van der Waals surface area (Å²) in [6, 6.07) is 4.83. The van der Waals surface area contributed by atoms with Gasteiger partial charge < -0.3 is 4.90 Å². The van der Waals surface area contributed by atoms with E-state index in [2.05, 4.69) is 15.9 Å².